The van der Waals surface area contributed by atoms with E-state index in [2.05, 4.69) is 43.6 Å². The van der Waals surface area contributed by atoms with Crippen molar-refractivity contribution in [2.45, 2.75) is 39.3 Å². The van der Waals surface area contributed by atoms with Gasteiger partial charge in [0.15, 0.2) is 0 Å². The highest BCUT2D eigenvalue weighted by molar-refractivity contribution is 5.88. The van der Waals surface area contributed by atoms with E-state index in [1.807, 2.05) is 55.1 Å². The average Bonchev–Trinajstić information content (AvgIpc) is 3.41. The molecule has 5 rings (SSSR count). The zero-order valence-electron chi connectivity index (χ0n) is 18.8. The van der Waals surface area contributed by atoms with Crippen LogP contribution in [-0.4, -0.2) is 43.5 Å². The van der Waals surface area contributed by atoms with Crippen molar-refractivity contribution in [3.05, 3.63) is 66.1 Å². The van der Waals surface area contributed by atoms with E-state index in [9.17, 15) is 4.79 Å². The minimum atomic E-state index is -0.424. The van der Waals surface area contributed by atoms with Crippen LogP contribution in [0.3, 0.4) is 0 Å². The number of ether oxygens (including phenoxy) is 1. The molecule has 0 bridgehead atoms. The topological polar surface area (TPSA) is 98.1 Å². The van der Waals surface area contributed by atoms with Gasteiger partial charge in [-0.3, -0.25) is 0 Å². The van der Waals surface area contributed by atoms with Crippen LogP contribution in [0.2, 0.25) is 0 Å². The van der Waals surface area contributed by atoms with Gasteiger partial charge in [0.05, 0.1) is 29.5 Å². The van der Waals surface area contributed by atoms with E-state index in [0.717, 1.165) is 28.6 Å². The zero-order valence-corrected chi connectivity index (χ0v) is 18.8. The number of hydrogen-bond acceptors (Lipinski definition) is 7. The van der Waals surface area contributed by atoms with Gasteiger partial charge in [-0.2, -0.15) is 20.1 Å². The van der Waals surface area contributed by atoms with E-state index < -0.39 is 6.09 Å². The number of fused-ring (bicyclic) bond motifs is 1. The summed E-state index contributed by atoms with van der Waals surface area (Å²) in [7, 11) is 0. The molecule has 1 amide bonds. The highest BCUT2D eigenvalue weighted by Crippen LogP contribution is 2.26. The molecule has 2 aromatic carbocycles. The fraction of sp³-hybridized carbons (Fsp3) is 0.292. The predicted octanol–water partition coefficient (Wildman–Crippen LogP) is 4.43. The van der Waals surface area contributed by atoms with Crippen LogP contribution in [0.25, 0.3) is 16.6 Å². The van der Waals surface area contributed by atoms with E-state index in [1.165, 1.54) is 4.90 Å². The van der Waals surface area contributed by atoms with Crippen LogP contribution in [0.4, 0.5) is 16.7 Å². The van der Waals surface area contributed by atoms with Crippen molar-refractivity contribution < 1.29 is 9.53 Å². The summed E-state index contributed by atoms with van der Waals surface area (Å²) >= 11 is 0. The number of carbonyl (C=O) groups is 1. The number of para-hydroxylation sites is 1. The summed E-state index contributed by atoms with van der Waals surface area (Å²) in [5, 5.41) is 8.94. The smallest absolute Gasteiger partial charge is 0.417 e. The Hall–Kier alpha value is -4.01. The normalized spacial score (nSPS) is 16.8. The maximum atomic E-state index is 12.2. The molecule has 33 heavy (non-hydrogen) atoms. The molecule has 1 saturated heterocycles. The second-order valence-electron chi connectivity index (χ2n) is 8.09. The summed E-state index contributed by atoms with van der Waals surface area (Å²) in [4.78, 5) is 27.0. The third-order valence-electron chi connectivity index (χ3n) is 5.82. The van der Waals surface area contributed by atoms with Gasteiger partial charge in [0.25, 0.3) is 0 Å². The number of benzene rings is 2. The van der Waals surface area contributed by atoms with E-state index >= 15 is 0 Å². The number of cyclic esters (lactones) is 1. The number of carbonyl (C=O) groups excluding carboxylic acids is 1. The molecule has 0 spiro atoms. The largest absolute Gasteiger partial charge is 0.447 e. The summed E-state index contributed by atoms with van der Waals surface area (Å²) in [6, 6.07) is 16.2. The Morgan fingerprint density at radius 2 is 1.97 bits per heavy atom. The lowest BCUT2D eigenvalue weighted by Crippen LogP contribution is -2.34. The van der Waals surface area contributed by atoms with E-state index in [0.29, 0.717) is 24.3 Å². The van der Waals surface area contributed by atoms with Crippen LogP contribution in [0, 0.1) is 6.92 Å². The standard InChI is InChI=1S/C24H25N7O2/c1-4-19-14-33-24(32)30(19)23-28-16(3)27-22(29-23)26-15(2)17-10-11-21-18(12-17)13-25-31(21)20-8-6-5-7-9-20/h5-13,15,19H,4,14H2,1-3H3,(H,26,27,28,29)/t15-,19-/m0/s1. The first-order valence-electron chi connectivity index (χ1n) is 11.0. The fourth-order valence-corrected chi connectivity index (χ4v) is 4.02. The molecular formula is C24H25N7O2. The molecule has 9 heteroatoms. The summed E-state index contributed by atoms with van der Waals surface area (Å²) in [5.41, 5.74) is 3.13. The van der Waals surface area contributed by atoms with Crippen molar-refractivity contribution in [1.82, 2.24) is 24.7 Å². The van der Waals surface area contributed by atoms with Gasteiger partial charge in [-0.05, 0) is 50.1 Å². The Morgan fingerprint density at radius 3 is 2.76 bits per heavy atom. The van der Waals surface area contributed by atoms with Gasteiger partial charge in [-0.25, -0.2) is 14.4 Å². The predicted molar refractivity (Wildman–Crippen MR) is 126 cm³/mol. The van der Waals surface area contributed by atoms with Crippen LogP contribution < -0.4 is 10.2 Å². The molecule has 1 fully saturated rings. The molecule has 1 aliphatic rings. The van der Waals surface area contributed by atoms with Crippen molar-refractivity contribution in [1.29, 1.82) is 0 Å². The molecule has 2 atom stereocenters. The molecule has 2 aromatic heterocycles. The third-order valence-corrected chi connectivity index (χ3v) is 5.82. The average molecular weight is 444 g/mol. The molecule has 0 saturated carbocycles. The molecule has 3 heterocycles. The SMILES string of the molecule is CC[C@H]1COC(=O)N1c1nc(C)nc(N[C@@H](C)c2ccc3c(cnn3-c3ccccc3)c2)n1. The number of nitrogens with one attached hydrogen (secondary N) is 1. The molecule has 9 nitrogen and oxygen atoms in total. The van der Waals surface area contributed by atoms with Gasteiger partial charge in [0, 0.05) is 5.39 Å². The van der Waals surface area contributed by atoms with Crippen LogP contribution in [0.15, 0.2) is 54.7 Å². The van der Waals surface area contributed by atoms with Crippen molar-refractivity contribution in [2.24, 2.45) is 0 Å². The Labute approximate surface area is 191 Å². The Kier molecular flexibility index (Phi) is 5.37. The molecule has 0 aliphatic carbocycles. The maximum Gasteiger partial charge on any atom is 0.417 e. The maximum absolute atomic E-state index is 12.2. The van der Waals surface area contributed by atoms with Crippen LogP contribution in [0.5, 0.6) is 0 Å². The molecule has 4 aromatic rings. The molecule has 0 radical (unpaired) electrons. The van der Waals surface area contributed by atoms with Crippen LogP contribution >= 0.6 is 0 Å². The lowest BCUT2D eigenvalue weighted by Gasteiger charge is -2.20. The Bertz CT molecular complexity index is 1300. The fourth-order valence-electron chi connectivity index (χ4n) is 4.02. The van der Waals surface area contributed by atoms with Crippen LogP contribution in [0.1, 0.15) is 37.7 Å². The van der Waals surface area contributed by atoms with Crippen molar-refractivity contribution in [2.75, 3.05) is 16.8 Å². The number of rotatable bonds is 6. The summed E-state index contributed by atoms with van der Waals surface area (Å²) in [6.45, 7) is 6.18. The number of anilines is 2. The molecule has 0 unspecified atom stereocenters. The van der Waals surface area contributed by atoms with Gasteiger partial charge in [0.1, 0.15) is 12.4 Å². The van der Waals surface area contributed by atoms with E-state index in [4.69, 9.17) is 4.74 Å². The van der Waals surface area contributed by atoms with Gasteiger partial charge >= 0.3 is 6.09 Å². The number of amides is 1. The number of hydrogen-bond donors (Lipinski definition) is 1. The molecule has 1 N–H and O–H groups in total. The quantitative estimate of drug-likeness (QED) is 0.471. The number of aryl methyl sites for hydroxylation is 1. The summed E-state index contributed by atoms with van der Waals surface area (Å²) < 4.78 is 7.12. The lowest BCUT2D eigenvalue weighted by atomic mass is 10.1. The van der Waals surface area contributed by atoms with E-state index in [-0.39, 0.29) is 12.1 Å². The van der Waals surface area contributed by atoms with E-state index in [1.54, 1.807) is 6.92 Å². The lowest BCUT2D eigenvalue weighted by molar-refractivity contribution is 0.178. The highest BCUT2D eigenvalue weighted by Gasteiger charge is 2.35. The zero-order chi connectivity index (χ0) is 22.9. The Balaban J connectivity index is 1.40. The Morgan fingerprint density at radius 1 is 1.15 bits per heavy atom. The summed E-state index contributed by atoms with van der Waals surface area (Å²) in [6.07, 6.45) is 2.20. The molecular weight excluding hydrogens is 418 g/mol. The first-order valence-corrected chi connectivity index (χ1v) is 11.0. The van der Waals surface area contributed by atoms with Gasteiger partial charge < -0.3 is 10.1 Å². The first-order chi connectivity index (χ1) is 16.0. The molecule has 1 aliphatic heterocycles. The number of aromatic nitrogens is 5. The van der Waals surface area contributed by atoms with Crippen molar-refractivity contribution >= 4 is 28.9 Å². The monoisotopic (exact) mass is 443 g/mol. The van der Waals surface area contributed by atoms with Gasteiger partial charge in [-0.1, -0.05) is 31.2 Å². The second kappa shape index (κ2) is 8.50. The highest BCUT2D eigenvalue weighted by atomic mass is 16.6. The minimum absolute atomic E-state index is 0.0726. The van der Waals surface area contributed by atoms with Gasteiger partial charge in [0.2, 0.25) is 11.9 Å². The first kappa shape index (κ1) is 20.9. The summed E-state index contributed by atoms with van der Waals surface area (Å²) in [5.74, 6) is 1.26. The van der Waals surface area contributed by atoms with Gasteiger partial charge in [-0.15, -0.1) is 0 Å². The second-order valence-corrected chi connectivity index (χ2v) is 8.09. The third kappa shape index (κ3) is 3.97. The van der Waals surface area contributed by atoms with Crippen molar-refractivity contribution in [3.8, 4) is 5.69 Å². The molecule has 168 valence electrons. The minimum Gasteiger partial charge on any atom is -0.447 e. The van der Waals surface area contributed by atoms with Crippen LogP contribution in [-0.2, 0) is 4.74 Å². The number of nitrogens with zero attached hydrogens (tertiary/aromatic N) is 6. The van der Waals surface area contributed by atoms with Crippen molar-refractivity contribution in [3.63, 3.8) is 0 Å².